The molecule has 0 fully saturated rings. The molecule has 2 aromatic heterocycles. The Hall–Kier alpha value is -3.47. The first-order chi connectivity index (χ1) is 14.5. The summed E-state index contributed by atoms with van der Waals surface area (Å²) in [4.78, 5) is 22.1. The molecule has 1 amide bonds. The van der Waals surface area contributed by atoms with E-state index in [1.807, 2.05) is 54.8 Å². The second-order valence-electron chi connectivity index (χ2n) is 7.76. The van der Waals surface area contributed by atoms with Crippen molar-refractivity contribution in [3.63, 3.8) is 0 Å². The van der Waals surface area contributed by atoms with Crippen molar-refractivity contribution in [2.24, 2.45) is 0 Å². The minimum atomic E-state index is -0.395. The van der Waals surface area contributed by atoms with Crippen LogP contribution in [-0.2, 0) is 4.79 Å². The number of hydrogen-bond acceptors (Lipinski definition) is 3. The molecular formula is C25H26N4O. The highest BCUT2D eigenvalue weighted by Crippen LogP contribution is 2.26. The summed E-state index contributed by atoms with van der Waals surface area (Å²) in [5, 5.41) is 3.26. The molecule has 0 radical (unpaired) electrons. The molecule has 0 bridgehead atoms. The molecule has 4 rings (SSSR count). The number of benzene rings is 2. The molecule has 152 valence electrons. The van der Waals surface area contributed by atoms with Crippen molar-refractivity contribution in [1.82, 2.24) is 19.9 Å². The molecule has 4 aromatic rings. The van der Waals surface area contributed by atoms with Crippen LogP contribution >= 0.6 is 0 Å². The van der Waals surface area contributed by atoms with Crippen LogP contribution in [0.1, 0.15) is 47.1 Å². The lowest BCUT2D eigenvalue weighted by molar-refractivity contribution is -0.124. The number of nitrogens with zero attached hydrogens (tertiary/aromatic N) is 3. The number of carbonyl (C=O) groups excluding carboxylic acids is 1. The fraction of sp³-hybridized carbons (Fsp3) is 0.240. The van der Waals surface area contributed by atoms with E-state index in [0.717, 1.165) is 28.0 Å². The van der Waals surface area contributed by atoms with Crippen molar-refractivity contribution in [2.75, 3.05) is 0 Å². The molecule has 30 heavy (non-hydrogen) atoms. The molecule has 1 N–H and O–H groups in total. The SMILES string of the molecule is Cc1ccc(C(NC(=O)C(C)n2c(C)nc3ccccc32)c2ccncc2)cc1C. The quantitative estimate of drug-likeness (QED) is 0.524. The van der Waals surface area contributed by atoms with Gasteiger partial charge < -0.3 is 9.88 Å². The number of aromatic nitrogens is 3. The fourth-order valence-corrected chi connectivity index (χ4v) is 3.89. The van der Waals surface area contributed by atoms with E-state index in [9.17, 15) is 4.79 Å². The van der Waals surface area contributed by atoms with Gasteiger partial charge in [0, 0.05) is 12.4 Å². The Balaban J connectivity index is 1.69. The highest BCUT2D eigenvalue weighted by Gasteiger charge is 2.24. The molecule has 2 heterocycles. The standard InChI is InChI=1S/C25H26N4O/c1-16-9-10-21(15-17(16)2)24(20-11-13-26-14-12-20)28-25(30)18(3)29-19(4)27-22-7-5-6-8-23(22)29/h5-15,18,24H,1-4H3,(H,28,30). The van der Waals surface area contributed by atoms with Gasteiger partial charge in [-0.05, 0) is 74.2 Å². The van der Waals surface area contributed by atoms with Crippen molar-refractivity contribution >= 4 is 16.9 Å². The van der Waals surface area contributed by atoms with Crippen LogP contribution < -0.4 is 5.32 Å². The Bertz CT molecular complexity index is 1200. The fourth-order valence-electron chi connectivity index (χ4n) is 3.89. The normalized spacial score (nSPS) is 13.2. The van der Waals surface area contributed by atoms with Crippen molar-refractivity contribution in [2.45, 2.75) is 39.8 Å². The summed E-state index contributed by atoms with van der Waals surface area (Å²) in [5.74, 6) is 0.770. The maximum absolute atomic E-state index is 13.4. The number of pyridine rings is 1. The Labute approximate surface area is 176 Å². The lowest BCUT2D eigenvalue weighted by Crippen LogP contribution is -2.35. The third-order valence-corrected chi connectivity index (χ3v) is 5.73. The molecule has 5 nitrogen and oxygen atoms in total. The smallest absolute Gasteiger partial charge is 0.243 e. The number of fused-ring (bicyclic) bond motifs is 1. The molecule has 0 saturated carbocycles. The predicted molar refractivity (Wildman–Crippen MR) is 119 cm³/mol. The van der Waals surface area contributed by atoms with Gasteiger partial charge in [-0.25, -0.2) is 4.98 Å². The van der Waals surface area contributed by atoms with Crippen molar-refractivity contribution in [1.29, 1.82) is 0 Å². The van der Waals surface area contributed by atoms with E-state index in [1.165, 1.54) is 11.1 Å². The van der Waals surface area contributed by atoms with Gasteiger partial charge in [0.25, 0.3) is 0 Å². The van der Waals surface area contributed by atoms with Gasteiger partial charge in [0.15, 0.2) is 0 Å². The van der Waals surface area contributed by atoms with Gasteiger partial charge in [0.1, 0.15) is 11.9 Å². The highest BCUT2D eigenvalue weighted by molar-refractivity contribution is 5.84. The molecule has 5 heteroatoms. The summed E-state index contributed by atoms with van der Waals surface area (Å²) >= 11 is 0. The van der Waals surface area contributed by atoms with Gasteiger partial charge in [0.2, 0.25) is 5.91 Å². The van der Waals surface area contributed by atoms with E-state index in [2.05, 4.69) is 47.3 Å². The minimum Gasteiger partial charge on any atom is -0.343 e. The van der Waals surface area contributed by atoms with E-state index in [0.29, 0.717) is 0 Å². The minimum absolute atomic E-state index is 0.0544. The zero-order valence-electron chi connectivity index (χ0n) is 17.8. The first-order valence-electron chi connectivity index (χ1n) is 10.2. The maximum Gasteiger partial charge on any atom is 0.243 e. The summed E-state index contributed by atoms with van der Waals surface area (Å²) < 4.78 is 1.99. The number of rotatable bonds is 5. The van der Waals surface area contributed by atoms with Crippen molar-refractivity contribution in [3.8, 4) is 0 Å². The van der Waals surface area contributed by atoms with Crippen LogP contribution in [0.3, 0.4) is 0 Å². The average molecular weight is 399 g/mol. The van der Waals surface area contributed by atoms with Gasteiger partial charge in [0.05, 0.1) is 17.1 Å². The largest absolute Gasteiger partial charge is 0.343 e. The maximum atomic E-state index is 13.4. The van der Waals surface area contributed by atoms with E-state index < -0.39 is 6.04 Å². The molecule has 0 aliphatic rings. The van der Waals surface area contributed by atoms with Crippen LogP contribution in [-0.4, -0.2) is 20.4 Å². The number of imidazole rings is 1. The first-order valence-corrected chi connectivity index (χ1v) is 10.2. The number of para-hydroxylation sites is 2. The molecule has 2 atom stereocenters. The second-order valence-corrected chi connectivity index (χ2v) is 7.76. The van der Waals surface area contributed by atoms with Gasteiger partial charge in [-0.15, -0.1) is 0 Å². The first kappa shape index (κ1) is 19.8. The summed E-state index contributed by atoms with van der Waals surface area (Å²) in [6.45, 7) is 8.04. The lowest BCUT2D eigenvalue weighted by atomic mass is 9.96. The van der Waals surface area contributed by atoms with E-state index >= 15 is 0 Å². The molecule has 2 aromatic carbocycles. The summed E-state index contributed by atoms with van der Waals surface area (Å²) in [6, 6.07) is 17.5. The number of nitrogens with one attached hydrogen (secondary N) is 1. The van der Waals surface area contributed by atoms with Crippen LogP contribution in [0.2, 0.25) is 0 Å². The third-order valence-electron chi connectivity index (χ3n) is 5.73. The molecule has 0 saturated heterocycles. The van der Waals surface area contributed by atoms with Crippen LogP contribution in [0.4, 0.5) is 0 Å². The number of carbonyl (C=O) groups is 1. The van der Waals surface area contributed by atoms with E-state index in [1.54, 1.807) is 12.4 Å². The van der Waals surface area contributed by atoms with Gasteiger partial charge in [-0.2, -0.15) is 0 Å². The average Bonchev–Trinajstić information content (AvgIpc) is 3.09. The topological polar surface area (TPSA) is 59.8 Å². The Morgan fingerprint density at radius 2 is 1.67 bits per heavy atom. The van der Waals surface area contributed by atoms with Gasteiger partial charge in [-0.3, -0.25) is 9.78 Å². The van der Waals surface area contributed by atoms with Crippen molar-refractivity contribution < 1.29 is 4.79 Å². The summed E-state index contributed by atoms with van der Waals surface area (Å²) in [7, 11) is 0. The number of aryl methyl sites for hydroxylation is 3. The zero-order chi connectivity index (χ0) is 21.3. The van der Waals surface area contributed by atoms with Crippen molar-refractivity contribution in [3.05, 3.63) is 95.1 Å². The van der Waals surface area contributed by atoms with Crippen LogP contribution in [0.5, 0.6) is 0 Å². The number of hydrogen-bond donors (Lipinski definition) is 1. The second kappa shape index (κ2) is 8.11. The summed E-state index contributed by atoms with van der Waals surface area (Å²) in [5.41, 5.74) is 6.34. The Morgan fingerprint density at radius 1 is 0.933 bits per heavy atom. The molecule has 0 aliphatic heterocycles. The Kier molecular flexibility index (Phi) is 5.36. The van der Waals surface area contributed by atoms with E-state index in [-0.39, 0.29) is 11.9 Å². The molecular weight excluding hydrogens is 372 g/mol. The zero-order valence-corrected chi connectivity index (χ0v) is 17.8. The lowest BCUT2D eigenvalue weighted by Gasteiger charge is -2.24. The summed E-state index contributed by atoms with van der Waals surface area (Å²) in [6.07, 6.45) is 3.51. The Morgan fingerprint density at radius 3 is 2.40 bits per heavy atom. The molecule has 2 unspecified atom stereocenters. The van der Waals surface area contributed by atoms with Gasteiger partial charge >= 0.3 is 0 Å². The van der Waals surface area contributed by atoms with Crippen LogP contribution in [0.25, 0.3) is 11.0 Å². The molecule has 0 spiro atoms. The molecule has 0 aliphatic carbocycles. The van der Waals surface area contributed by atoms with Gasteiger partial charge in [-0.1, -0.05) is 30.3 Å². The highest BCUT2D eigenvalue weighted by atomic mass is 16.2. The van der Waals surface area contributed by atoms with E-state index in [4.69, 9.17) is 0 Å². The third kappa shape index (κ3) is 3.71. The van der Waals surface area contributed by atoms with Crippen LogP contribution in [0, 0.1) is 20.8 Å². The van der Waals surface area contributed by atoms with Crippen LogP contribution in [0.15, 0.2) is 67.0 Å². The predicted octanol–water partition coefficient (Wildman–Crippen LogP) is 4.82. The number of amides is 1. The monoisotopic (exact) mass is 398 g/mol.